The van der Waals surface area contributed by atoms with Crippen LogP contribution in [0, 0.1) is 0 Å². The summed E-state index contributed by atoms with van der Waals surface area (Å²) >= 11 is 0. The summed E-state index contributed by atoms with van der Waals surface area (Å²) in [4.78, 5) is 13.8. The number of carbonyl (C=O) groups is 1. The highest BCUT2D eigenvalue weighted by Crippen LogP contribution is 2.13. The van der Waals surface area contributed by atoms with Crippen LogP contribution in [-0.4, -0.2) is 36.5 Å². The van der Waals surface area contributed by atoms with Crippen LogP contribution >= 0.6 is 0 Å². The first kappa shape index (κ1) is 13.9. The lowest BCUT2D eigenvalue weighted by Crippen LogP contribution is -2.44. The number of hydrogen-bond acceptors (Lipinski definition) is 3. The van der Waals surface area contributed by atoms with E-state index in [-0.39, 0.29) is 18.6 Å². The van der Waals surface area contributed by atoms with Crippen molar-refractivity contribution in [2.45, 2.75) is 32.2 Å². The third-order valence-electron chi connectivity index (χ3n) is 3.59. The fourth-order valence-corrected chi connectivity index (χ4v) is 2.21. The molecule has 1 fully saturated rings. The molecule has 0 aromatic heterocycles. The molecule has 19 heavy (non-hydrogen) atoms. The number of ether oxygens (including phenoxy) is 1. The van der Waals surface area contributed by atoms with Gasteiger partial charge in [-0.2, -0.15) is 0 Å². The number of likely N-dealkylation sites (tertiary alicyclic amines) is 1. The van der Waals surface area contributed by atoms with Crippen LogP contribution in [0.15, 0.2) is 24.3 Å². The standard InChI is InChI=1S/C15H22N2O2/c1-2-12-3-5-14(6-4-12)19-11-15(18)17-9-7-13(16)8-10-17/h3-6,13H,2,7-11,16H2,1H3. The highest BCUT2D eigenvalue weighted by molar-refractivity contribution is 5.77. The Bertz CT molecular complexity index is 409. The molecule has 0 saturated carbocycles. The summed E-state index contributed by atoms with van der Waals surface area (Å²) in [6.45, 7) is 3.72. The number of benzene rings is 1. The van der Waals surface area contributed by atoms with Gasteiger partial charge in [-0.15, -0.1) is 0 Å². The van der Waals surface area contributed by atoms with E-state index in [0.29, 0.717) is 0 Å². The molecule has 1 aliphatic rings. The van der Waals surface area contributed by atoms with Gasteiger partial charge in [0.15, 0.2) is 6.61 Å². The first-order valence-corrected chi connectivity index (χ1v) is 6.94. The highest BCUT2D eigenvalue weighted by Gasteiger charge is 2.20. The Morgan fingerprint density at radius 2 is 1.95 bits per heavy atom. The maximum Gasteiger partial charge on any atom is 0.260 e. The number of hydrogen-bond donors (Lipinski definition) is 1. The molecule has 0 spiro atoms. The quantitative estimate of drug-likeness (QED) is 0.896. The number of aryl methyl sites for hydroxylation is 1. The number of nitrogens with zero attached hydrogens (tertiary/aromatic N) is 1. The van der Waals surface area contributed by atoms with Gasteiger partial charge in [-0.05, 0) is 37.0 Å². The average Bonchev–Trinajstić information content (AvgIpc) is 2.46. The van der Waals surface area contributed by atoms with Crippen molar-refractivity contribution in [3.8, 4) is 5.75 Å². The van der Waals surface area contributed by atoms with E-state index in [1.165, 1.54) is 5.56 Å². The molecular weight excluding hydrogens is 240 g/mol. The molecule has 1 amide bonds. The maximum atomic E-state index is 12.0. The van der Waals surface area contributed by atoms with Gasteiger partial charge in [0.05, 0.1) is 0 Å². The first-order chi connectivity index (χ1) is 9.19. The van der Waals surface area contributed by atoms with Gasteiger partial charge in [-0.25, -0.2) is 0 Å². The van der Waals surface area contributed by atoms with Gasteiger partial charge in [-0.3, -0.25) is 4.79 Å². The summed E-state index contributed by atoms with van der Waals surface area (Å²) in [5.41, 5.74) is 7.09. The van der Waals surface area contributed by atoms with E-state index in [0.717, 1.165) is 38.1 Å². The van der Waals surface area contributed by atoms with Gasteiger partial charge in [-0.1, -0.05) is 19.1 Å². The van der Waals surface area contributed by atoms with Gasteiger partial charge in [0.25, 0.3) is 5.91 Å². The lowest BCUT2D eigenvalue weighted by molar-refractivity contribution is -0.134. The maximum absolute atomic E-state index is 12.0. The van der Waals surface area contributed by atoms with Crippen LogP contribution in [0.1, 0.15) is 25.3 Å². The molecule has 0 radical (unpaired) electrons. The van der Waals surface area contributed by atoms with Crippen molar-refractivity contribution in [1.82, 2.24) is 4.90 Å². The Hall–Kier alpha value is -1.55. The normalized spacial score (nSPS) is 16.4. The topological polar surface area (TPSA) is 55.6 Å². The predicted octanol–water partition coefficient (Wildman–Crippen LogP) is 1.58. The molecule has 2 rings (SSSR count). The van der Waals surface area contributed by atoms with E-state index in [4.69, 9.17) is 10.5 Å². The predicted molar refractivity (Wildman–Crippen MR) is 75.1 cm³/mol. The second kappa shape index (κ2) is 6.57. The zero-order chi connectivity index (χ0) is 13.7. The summed E-state index contributed by atoms with van der Waals surface area (Å²) in [6, 6.07) is 8.13. The zero-order valence-corrected chi connectivity index (χ0v) is 11.5. The van der Waals surface area contributed by atoms with Crippen molar-refractivity contribution in [3.05, 3.63) is 29.8 Å². The van der Waals surface area contributed by atoms with E-state index in [2.05, 4.69) is 6.92 Å². The van der Waals surface area contributed by atoms with Gasteiger partial charge < -0.3 is 15.4 Å². The number of carbonyl (C=O) groups excluding carboxylic acids is 1. The van der Waals surface area contributed by atoms with Gasteiger partial charge >= 0.3 is 0 Å². The molecule has 2 N–H and O–H groups in total. The smallest absolute Gasteiger partial charge is 0.260 e. The molecule has 4 nitrogen and oxygen atoms in total. The summed E-state index contributed by atoms with van der Waals surface area (Å²) in [7, 11) is 0. The number of amides is 1. The van der Waals surface area contributed by atoms with E-state index in [1.54, 1.807) is 0 Å². The highest BCUT2D eigenvalue weighted by atomic mass is 16.5. The van der Waals surface area contributed by atoms with Crippen LogP contribution in [-0.2, 0) is 11.2 Å². The summed E-state index contributed by atoms with van der Waals surface area (Å²) < 4.78 is 5.52. The van der Waals surface area contributed by atoms with Crippen LogP contribution in [0.4, 0.5) is 0 Å². The molecule has 0 unspecified atom stereocenters. The van der Waals surface area contributed by atoms with E-state index >= 15 is 0 Å². The molecule has 4 heteroatoms. The van der Waals surface area contributed by atoms with Crippen molar-refractivity contribution < 1.29 is 9.53 Å². The Morgan fingerprint density at radius 3 is 2.53 bits per heavy atom. The Balaban J connectivity index is 1.79. The summed E-state index contributed by atoms with van der Waals surface area (Å²) in [6.07, 6.45) is 2.78. The van der Waals surface area contributed by atoms with Crippen LogP contribution < -0.4 is 10.5 Å². The van der Waals surface area contributed by atoms with Gasteiger partial charge in [0, 0.05) is 19.1 Å². The molecule has 1 aromatic rings. The minimum Gasteiger partial charge on any atom is -0.484 e. The van der Waals surface area contributed by atoms with Crippen molar-refractivity contribution in [2.24, 2.45) is 5.73 Å². The van der Waals surface area contributed by atoms with Gasteiger partial charge in [0.1, 0.15) is 5.75 Å². The number of nitrogens with two attached hydrogens (primary N) is 1. The third-order valence-corrected chi connectivity index (χ3v) is 3.59. The van der Waals surface area contributed by atoms with Crippen molar-refractivity contribution in [1.29, 1.82) is 0 Å². The first-order valence-electron chi connectivity index (χ1n) is 6.94. The molecule has 0 aliphatic carbocycles. The van der Waals surface area contributed by atoms with Crippen molar-refractivity contribution in [3.63, 3.8) is 0 Å². The Morgan fingerprint density at radius 1 is 1.32 bits per heavy atom. The largest absolute Gasteiger partial charge is 0.484 e. The molecule has 104 valence electrons. The van der Waals surface area contributed by atoms with E-state index in [9.17, 15) is 4.79 Å². The SMILES string of the molecule is CCc1ccc(OCC(=O)N2CCC(N)CC2)cc1. The molecule has 0 atom stereocenters. The second-order valence-electron chi connectivity index (χ2n) is 5.00. The number of piperidine rings is 1. The minimum atomic E-state index is 0.0477. The number of rotatable bonds is 4. The summed E-state index contributed by atoms with van der Waals surface area (Å²) in [5, 5.41) is 0. The minimum absolute atomic E-state index is 0.0477. The molecule has 1 aromatic carbocycles. The Labute approximate surface area is 114 Å². The molecular formula is C15H22N2O2. The van der Waals surface area contributed by atoms with Crippen LogP contribution in [0.3, 0.4) is 0 Å². The molecule has 1 aliphatic heterocycles. The fourth-order valence-electron chi connectivity index (χ4n) is 2.21. The fraction of sp³-hybridized carbons (Fsp3) is 0.533. The molecule has 1 heterocycles. The molecule has 0 bridgehead atoms. The van der Waals surface area contributed by atoms with Crippen LogP contribution in [0.5, 0.6) is 5.75 Å². The van der Waals surface area contributed by atoms with Gasteiger partial charge in [0.2, 0.25) is 0 Å². The van der Waals surface area contributed by atoms with E-state index < -0.39 is 0 Å². The molecule has 1 saturated heterocycles. The van der Waals surface area contributed by atoms with Crippen LogP contribution in [0.2, 0.25) is 0 Å². The Kier molecular flexibility index (Phi) is 4.80. The lowest BCUT2D eigenvalue weighted by Gasteiger charge is -2.30. The lowest BCUT2D eigenvalue weighted by atomic mass is 10.1. The van der Waals surface area contributed by atoms with E-state index in [1.807, 2.05) is 29.2 Å². The third kappa shape index (κ3) is 3.96. The monoisotopic (exact) mass is 262 g/mol. The van der Waals surface area contributed by atoms with Crippen molar-refractivity contribution in [2.75, 3.05) is 19.7 Å². The summed E-state index contributed by atoms with van der Waals surface area (Å²) in [5.74, 6) is 0.797. The zero-order valence-electron chi connectivity index (χ0n) is 11.5. The second-order valence-corrected chi connectivity index (χ2v) is 5.00. The average molecular weight is 262 g/mol. The van der Waals surface area contributed by atoms with Crippen molar-refractivity contribution >= 4 is 5.91 Å². The van der Waals surface area contributed by atoms with Crippen LogP contribution in [0.25, 0.3) is 0 Å².